The minimum atomic E-state index is 0.316. The molecule has 0 aromatic rings. The molecule has 2 N–H and O–H groups in total. The third-order valence-electron chi connectivity index (χ3n) is 5.69. The van der Waals surface area contributed by atoms with Crippen molar-refractivity contribution >= 4 is 0 Å². The number of hydrogen-bond donors (Lipinski definition) is 1. The highest BCUT2D eigenvalue weighted by Gasteiger charge is 2.41. The topological polar surface area (TPSA) is 32.5 Å². The van der Waals surface area contributed by atoms with E-state index < -0.39 is 0 Å². The van der Waals surface area contributed by atoms with Gasteiger partial charge in [-0.15, -0.1) is 0 Å². The molecule has 1 saturated carbocycles. The largest absolute Gasteiger partial charge is 0.329 e. The number of rotatable bonds is 6. The minimum absolute atomic E-state index is 0.316. The predicted octanol–water partition coefficient (Wildman–Crippen LogP) is 2.95. The van der Waals surface area contributed by atoms with Crippen LogP contribution in [0.15, 0.2) is 0 Å². The van der Waals surface area contributed by atoms with E-state index in [0.29, 0.717) is 5.54 Å². The Balaban J connectivity index is 1.94. The third-order valence-corrected chi connectivity index (χ3v) is 5.69. The molecule has 2 aliphatic rings. The first-order valence-corrected chi connectivity index (χ1v) is 9.27. The van der Waals surface area contributed by atoms with Gasteiger partial charge in [0.1, 0.15) is 0 Å². The maximum Gasteiger partial charge on any atom is 0.0335 e. The number of hydrogen-bond acceptors (Lipinski definition) is 3. The highest BCUT2D eigenvalue weighted by molar-refractivity contribution is 4.98. The smallest absolute Gasteiger partial charge is 0.0335 e. The van der Waals surface area contributed by atoms with E-state index in [2.05, 4.69) is 30.6 Å². The second-order valence-corrected chi connectivity index (χ2v) is 7.85. The molecule has 2 fully saturated rings. The molecule has 0 aromatic carbocycles. The highest BCUT2D eigenvalue weighted by atomic mass is 15.3. The van der Waals surface area contributed by atoms with Crippen molar-refractivity contribution < 1.29 is 0 Å². The average molecular weight is 296 g/mol. The zero-order chi connectivity index (χ0) is 15.3. The van der Waals surface area contributed by atoms with Gasteiger partial charge < -0.3 is 10.6 Å². The standard InChI is InChI=1S/C18H37N3/c1-4-8-20-9-11-21(12-10-20)18(15-19)7-5-6-17(14-18)13-16(2)3/h16-17H,4-15,19H2,1-3H3. The van der Waals surface area contributed by atoms with Crippen LogP contribution < -0.4 is 5.73 Å². The Hall–Kier alpha value is -0.120. The monoisotopic (exact) mass is 295 g/mol. The Kier molecular flexibility index (Phi) is 6.51. The lowest BCUT2D eigenvalue weighted by Crippen LogP contribution is -2.61. The van der Waals surface area contributed by atoms with Gasteiger partial charge in [0.05, 0.1) is 0 Å². The first-order chi connectivity index (χ1) is 10.1. The molecule has 21 heavy (non-hydrogen) atoms. The van der Waals surface area contributed by atoms with Crippen LogP contribution in [0.2, 0.25) is 0 Å². The fraction of sp³-hybridized carbons (Fsp3) is 1.00. The molecule has 1 aliphatic heterocycles. The van der Waals surface area contributed by atoms with Gasteiger partial charge in [0.2, 0.25) is 0 Å². The minimum Gasteiger partial charge on any atom is -0.329 e. The van der Waals surface area contributed by atoms with Gasteiger partial charge in [-0.3, -0.25) is 4.90 Å². The number of piperazine rings is 1. The lowest BCUT2D eigenvalue weighted by Gasteiger charge is -2.51. The van der Waals surface area contributed by atoms with Gasteiger partial charge >= 0.3 is 0 Å². The van der Waals surface area contributed by atoms with Crippen molar-refractivity contribution in [2.24, 2.45) is 17.6 Å². The summed E-state index contributed by atoms with van der Waals surface area (Å²) in [6, 6.07) is 0. The van der Waals surface area contributed by atoms with Gasteiger partial charge in [0, 0.05) is 38.3 Å². The maximum atomic E-state index is 6.30. The van der Waals surface area contributed by atoms with Crippen molar-refractivity contribution in [1.29, 1.82) is 0 Å². The molecule has 0 radical (unpaired) electrons. The number of nitrogens with two attached hydrogens (primary N) is 1. The molecule has 3 nitrogen and oxygen atoms in total. The number of nitrogens with zero attached hydrogens (tertiary/aromatic N) is 2. The predicted molar refractivity (Wildman–Crippen MR) is 91.5 cm³/mol. The van der Waals surface area contributed by atoms with Gasteiger partial charge in [-0.25, -0.2) is 0 Å². The van der Waals surface area contributed by atoms with E-state index >= 15 is 0 Å². The molecule has 2 unspecified atom stereocenters. The SMILES string of the molecule is CCCN1CCN(C2(CN)CCCC(CC(C)C)C2)CC1. The van der Waals surface area contributed by atoms with E-state index in [1.165, 1.54) is 71.2 Å². The van der Waals surface area contributed by atoms with Gasteiger partial charge in [0.15, 0.2) is 0 Å². The lowest BCUT2D eigenvalue weighted by atomic mass is 9.72. The summed E-state index contributed by atoms with van der Waals surface area (Å²) in [5, 5.41) is 0. The Labute approximate surface area is 132 Å². The summed E-state index contributed by atoms with van der Waals surface area (Å²) in [6.45, 7) is 14.1. The van der Waals surface area contributed by atoms with Gasteiger partial charge in [-0.2, -0.15) is 0 Å². The lowest BCUT2D eigenvalue weighted by molar-refractivity contribution is -0.00377. The molecule has 2 rings (SSSR count). The van der Waals surface area contributed by atoms with Crippen molar-refractivity contribution in [2.75, 3.05) is 39.3 Å². The zero-order valence-electron chi connectivity index (χ0n) is 14.6. The van der Waals surface area contributed by atoms with E-state index in [0.717, 1.165) is 18.4 Å². The summed E-state index contributed by atoms with van der Waals surface area (Å²) in [7, 11) is 0. The Bertz CT molecular complexity index is 297. The van der Waals surface area contributed by atoms with E-state index in [-0.39, 0.29) is 0 Å². The second kappa shape index (κ2) is 7.94. The Morgan fingerprint density at radius 1 is 1.19 bits per heavy atom. The molecular weight excluding hydrogens is 258 g/mol. The molecule has 0 aromatic heterocycles. The third kappa shape index (κ3) is 4.43. The normalized spacial score (nSPS) is 32.7. The Morgan fingerprint density at radius 3 is 2.48 bits per heavy atom. The van der Waals surface area contributed by atoms with Crippen molar-refractivity contribution in [3.63, 3.8) is 0 Å². The van der Waals surface area contributed by atoms with Crippen LogP contribution in [0.25, 0.3) is 0 Å². The van der Waals surface area contributed by atoms with Crippen LogP contribution in [0.3, 0.4) is 0 Å². The van der Waals surface area contributed by atoms with Gasteiger partial charge in [0.25, 0.3) is 0 Å². The van der Waals surface area contributed by atoms with Crippen LogP contribution in [0.1, 0.15) is 59.3 Å². The molecule has 0 spiro atoms. The summed E-state index contributed by atoms with van der Waals surface area (Å²) >= 11 is 0. The molecule has 2 atom stereocenters. The van der Waals surface area contributed by atoms with Crippen molar-refractivity contribution in [2.45, 2.75) is 64.8 Å². The van der Waals surface area contributed by atoms with Crippen LogP contribution in [0, 0.1) is 11.8 Å². The summed E-state index contributed by atoms with van der Waals surface area (Å²) in [4.78, 5) is 5.38. The Morgan fingerprint density at radius 2 is 1.90 bits per heavy atom. The second-order valence-electron chi connectivity index (χ2n) is 7.85. The maximum absolute atomic E-state index is 6.30. The van der Waals surface area contributed by atoms with E-state index in [4.69, 9.17) is 5.73 Å². The fourth-order valence-electron chi connectivity index (χ4n) is 4.69. The first-order valence-electron chi connectivity index (χ1n) is 9.27. The van der Waals surface area contributed by atoms with Crippen LogP contribution >= 0.6 is 0 Å². The molecule has 3 heteroatoms. The summed E-state index contributed by atoms with van der Waals surface area (Å²) < 4.78 is 0. The molecule has 0 amide bonds. The summed E-state index contributed by atoms with van der Waals surface area (Å²) in [6.07, 6.45) is 8.14. The van der Waals surface area contributed by atoms with Crippen molar-refractivity contribution in [3.8, 4) is 0 Å². The fourth-order valence-corrected chi connectivity index (χ4v) is 4.69. The first kappa shape index (κ1) is 17.2. The zero-order valence-corrected chi connectivity index (χ0v) is 14.6. The quantitative estimate of drug-likeness (QED) is 0.818. The molecular formula is C18H37N3. The highest BCUT2D eigenvalue weighted by Crippen LogP contribution is 2.39. The average Bonchev–Trinajstić information content (AvgIpc) is 2.48. The molecule has 1 saturated heterocycles. The molecule has 1 aliphatic carbocycles. The van der Waals surface area contributed by atoms with Crippen LogP contribution in [0.4, 0.5) is 0 Å². The van der Waals surface area contributed by atoms with Gasteiger partial charge in [-0.1, -0.05) is 33.6 Å². The summed E-state index contributed by atoms with van der Waals surface area (Å²) in [5.74, 6) is 1.72. The van der Waals surface area contributed by atoms with Crippen LogP contribution in [0.5, 0.6) is 0 Å². The van der Waals surface area contributed by atoms with Crippen molar-refractivity contribution in [1.82, 2.24) is 9.80 Å². The molecule has 124 valence electrons. The summed E-state index contributed by atoms with van der Waals surface area (Å²) in [5.41, 5.74) is 6.62. The van der Waals surface area contributed by atoms with E-state index in [9.17, 15) is 0 Å². The van der Waals surface area contributed by atoms with Crippen molar-refractivity contribution in [3.05, 3.63) is 0 Å². The molecule has 0 bridgehead atoms. The molecule has 1 heterocycles. The van der Waals surface area contributed by atoms with Crippen LogP contribution in [-0.4, -0.2) is 54.6 Å². The van der Waals surface area contributed by atoms with E-state index in [1.54, 1.807) is 0 Å². The van der Waals surface area contributed by atoms with Crippen LogP contribution in [-0.2, 0) is 0 Å². The van der Waals surface area contributed by atoms with E-state index in [1.807, 2.05) is 0 Å². The van der Waals surface area contributed by atoms with Gasteiger partial charge in [-0.05, 0) is 44.1 Å².